The van der Waals surface area contributed by atoms with Crippen LogP contribution >= 0.6 is 0 Å². The summed E-state index contributed by atoms with van der Waals surface area (Å²) in [7, 11) is 0. The van der Waals surface area contributed by atoms with Gasteiger partial charge in [0, 0.05) is 0 Å². The SMILES string of the molecule is CCCCC(CCCCC(CCCC)C(=O)O)C(=O)O.N.N. The van der Waals surface area contributed by atoms with E-state index in [1.54, 1.807) is 0 Å². The summed E-state index contributed by atoms with van der Waals surface area (Å²) in [4.78, 5) is 22.2. The Bertz CT molecular complexity index is 257. The van der Waals surface area contributed by atoms with E-state index in [1.807, 2.05) is 0 Å². The summed E-state index contributed by atoms with van der Waals surface area (Å²) in [6, 6.07) is 0. The number of unbranched alkanes of at least 4 members (excludes halogenated alkanes) is 3. The molecule has 2 unspecified atom stereocenters. The van der Waals surface area contributed by atoms with Crippen LogP contribution < -0.4 is 12.3 Å². The van der Waals surface area contributed by atoms with Crippen LogP contribution in [0.5, 0.6) is 0 Å². The molecule has 0 amide bonds. The quantitative estimate of drug-likeness (QED) is 0.363. The first kappa shape index (κ1) is 25.8. The maximum Gasteiger partial charge on any atom is 0.306 e. The highest BCUT2D eigenvalue weighted by Gasteiger charge is 2.18. The van der Waals surface area contributed by atoms with E-state index in [0.717, 1.165) is 51.4 Å². The minimum absolute atomic E-state index is 0. The Morgan fingerprint density at radius 1 is 0.682 bits per heavy atom. The fraction of sp³-hybridized carbons (Fsp3) is 0.875. The van der Waals surface area contributed by atoms with Crippen LogP contribution in [0.3, 0.4) is 0 Å². The Balaban J connectivity index is -0.00000180. The summed E-state index contributed by atoms with van der Waals surface area (Å²) in [5.41, 5.74) is 0. The lowest BCUT2D eigenvalue weighted by Gasteiger charge is -2.14. The highest BCUT2D eigenvalue weighted by molar-refractivity contribution is 5.70. The van der Waals surface area contributed by atoms with Crippen molar-refractivity contribution in [3.8, 4) is 0 Å². The summed E-state index contributed by atoms with van der Waals surface area (Å²) >= 11 is 0. The molecule has 6 heteroatoms. The maximum atomic E-state index is 11.1. The first-order chi connectivity index (χ1) is 9.52. The van der Waals surface area contributed by atoms with Gasteiger partial charge < -0.3 is 22.5 Å². The van der Waals surface area contributed by atoms with Crippen LogP contribution in [0.4, 0.5) is 0 Å². The molecule has 0 saturated carbocycles. The van der Waals surface area contributed by atoms with Crippen molar-refractivity contribution in [3.05, 3.63) is 0 Å². The Labute approximate surface area is 134 Å². The third-order valence-electron chi connectivity index (χ3n) is 3.87. The molecule has 6 nitrogen and oxygen atoms in total. The van der Waals surface area contributed by atoms with E-state index in [0.29, 0.717) is 12.8 Å². The Morgan fingerprint density at radius 2 is 0.955 bits per heavy atom. The first-order valence-corrected chi connectivity index (χ1v) is 7.98. The van der Waals surface area contributed by atoms with Crippen LogP contribution in [-0.2, 0) is 9.59 Å². The smallest absolute Gasteiger partial charge is 0.306 e. The lowest BCUT2D eigenvalue weighted by Crippen LogP contribution is -2.15. The molecule has 0 spiro atoms. The predicted octanol–water partition coefficient (Wildman–Crippen LogP) is 4.65. The highest BCUT2D eigenvalue weighted by atomic mass is 16.4. The monoisotopic (exact) mass is 320 g/mol. The number of aliphatic carboxylic acids is 2. The zero-order valence-corrected chi connectivity index (χ0v) is 14.4. The standard InChI is InChI=1S/C16H30O4.2H3N/c1-3-5-9-13(15(17)18)11-7-8-12-14(16(19)20)10-6-4-2;;/h13-14H,3-12H2,1-2H3,(H,17,18)(H,19,20);2*1H3. The van der Waals surface area contributed by atoms with Gasteiger partial charge in [-0.1, -0.05) is 52.4 Å². The molecule has 0 aromatic rings. The van der Waals surface area contributed by atoms with Crippen molar-refractivity contribution in [3.63, 3.8) is 0 Å². The molecule has 0 fully saturated rings. The molecule has 22 heavy (non-hydrogen) atoms. The maximum absolute atomic E-state index is 11.1. The van der Waals surface area contributed by atoms with Crippen molar-refractivity contribution in [2.45, 2.75) is 78.1 Å². The van der Waals surface area contributed by atoms with Gasteiger partial charge in [0.25, 0.3) is 0 Å². The molecule has 0 aliphatic rings. The van der Waals surface area contributed by atoms with Crippen LogP contribution in [0.2, 0.25) is 0 Å². The molecule has 134 valence electrons. The van der Waals surface area contributed by atoms with E-state index in [-0.39, 0.29) is 24.1 Å². The fourth-order valence-electron chi connectivity index (χ4n) is 2.47. The number of hydrogen-bond donors (Lipinski definition) is 4. The van der Waals surface area contributed by atoms with Gasteiger partial charge in [-0.2, -0.15) is 0 Å². The van der Waals surface area contributed by atoms with Crippen molar-refractivity contribution in [2.24, 2.45) is 11.8 Å². The topological polar surface area (TPSA) is 145 Å². The zero-order chi connectivity index (χ0) is 15.4. The molecule has 0 rings (SSSR count). The van der Waals surface area contributed by atoms with Crippen molar-refractivity contribution in [2.75, 3.05) is 0 Å². The minimum atomic E-state index is -0.709. The number of carboxylic acid groups (broad SMARTS) is 2. The zero-order valence-electron chi connectivity index (χ0n) is 14.4. The van der Waals surface area contributed by atoms with Gasteiger partial charge in [0.05, 0.1) is 11.8 Å². The van der Waals surface area contributed by atoms with Crippen LogP contribution in [0.15, 0.2) is 0 Å². The summed E-state index contributed by atoms with van der Waals surface area (Å²) in [5, 5.41) is 18.2. The molecule has 0 heterocycles. The van der Waals surface area contributed by atoms with Crippen molar-refractivity contribution in [1.82, 2.24) is 12.3 Å². The molecule has 0 bridgehead atoms. The van der Waals surface area contributed by atoms with Gasteiger partial charge in [0.1, 0.15) is 0 Å². The van der Waals surface area contributed by atoms with Gasteiger partial charge in [-0.3, -0.25) is 9.59 Å². The summed E-state index contributed by atoms with van der Waals surface area (Å²) in [6.07, 6.45) is 8.40. The van der Waals surface area contributed by atoms with E-state index in [4.69, 9.17) is 10.2 Å². The highest BCUT2D eigenvalue weighted by Crippen LogP contribution is 2.21. The Morgan fingerprint density at radius 3 is 1.18 bits per heavy atom. The molecule has 0 aliphatic carbocycles. The summed E-state index contributed by atoms with van der Waals surface area (Å²) in [5.74, 6) is -1.93. The van der Waals surface area contributed by atoms with Crippen LogP contribution in [-0.4, -0.2) is 22.2 Å². The normalized spacial score (nSPS) is 12.6. The van der Waals surface area contributed by atoms with Crippen molar-refractivity contribution in [1.29, 1.82) is 0 Å². The van der Waals surface area contributed by atoms with E-state index in [2.05, 4.69) is 13.8 Å². The van der Waals surface area contributed by atoms with Crippen molar-refractivity contribution < 1.29 is 19.8 Å². The van der Waals surface area contributed by atoms with Gasteiger partial charge in [-0.25, -0.2) is 0 Å². The second-order valence-electron chi connectivity index (χ2n) is 5.64. The van der Waals surface area contributed by atoms with Gasteiger partial charge >= 0.3 is 11.9 Å². The third kappa shape index (κ3) is 12.6. The lowest BCUT2D eigenvalue weighted by molar-refractivity contribution is -0.143. The molecule has 0 aromatic carbocycles. The molecular weight excluding hydrogens is 284 g/mol. The fourth-order valence-corrected chi connectivity index (χ4v) is 2.47. The number of rotatable bonds is 13. The lowest BCUT2D eigenvalue weighted by atomic mass is 9.92. The molecular formula is C16H36N2O4. The second kappa shape index (κ2) is 16.2. The number of hydrogen-bond acceptors (Lipinski definition) is 4. The largest absolute Gasteiger partial charge is 0.481 e. The van der Waals surface area contributed by atoms with E-state index in [9.17, 15) is 9.59 Å². The second-order valence-corrected chi connectivity index (χ2v) is 5.64. The Kier molecular flexibility index (Phi) is 19.0. The summed E-state index contributed by atoms with van der Waals surface area (Å²) in [6.45, 7) is 4.12. The van der Waals surface area contributed by atoms with Gasteiger partial charge in [-0.15, -0.1) is 0 Å². The third-order valence-corrected chi connectivity index (χ3v) is 3.87. The minimum Gasteiger partial charge on any atom is -0.481 e. The van der Waals surface area contributed by atoms with E-state index >= 15 is 0 Å². The van der Waals surface area contributed by atoms with Crippen LogP contribution in [0.25, 0.3) is 0 Å². The summed E-state index contributed by atoms with van der Waals surface area (Å²) < 4.78 is 0. The van der Waals surface area contributed by atoms with Crippen molar-refractivity contribution >= 4 is 11.9 Å². The average Bonchev–Trinajstić information content (AvgIpc) is 2.40. The molecule has 0 radical (unpaired) electrons. The predicted molar refractivity (Wildman–Crippen MR) is 89.8 cm³/mol. The molecule has 0 aromatic heterocycles. The van der Waals surface area contributed by atoms with Crippen LogP contribution in [0, 0.1) is 11.8 Å². The number of carbonyl (C=O) groups is 2. The van der Waals surface area contributed by atoms with Gasteiger partial charge in [0.2, 0.25) is 0 Å². The molecule has 8 N–H and O–H groups in total. The van der Waals surface area contributed by atoms with Gasteiger partial charge in [-0.05, 0) is 25.7 Å². The average molecular weight is 320 g/mol. The van der Waals surface area contributed by atoms with E-state index in [1.165, 1.54) is 0 Å². The number of carboxylic acids is 2. The molecule has 0 saturated heterocycles. The van der Waals surface area contributed by atoms with Gasteiger partial charge in [0.15, 0.2) is 0 Å². The first-order valence-electron chi connectivity index (χ1n) is 7.98. The Hall–Kier alpha value is -1.14. The van der Waals surface area contributed by atoms with Crippen LogP contribution in [0.1, 0.15) is 78.1 Å². The van der Waals surface area contributed by atoms with E-state index < -0.39 is 11.9 Å². The molecule has 0 aliphatic heterocycles. The molecule has 2 atom stereocenters.